The van der Waals surface area contributed by atoms with Crippen molar-refractivity contribution >= 4 is 11.5 Å². The Balaban J connectivity index is 2.82. The van der Waals surface area contributed by atoms with E-state index in [0.29, 0.717) is 25.3 Å². The van der Waals surface area contributed by atoms with Gasteiger partial charge in [0.1, 0.15) is 0 Å². The molecule has 17 heavy (non-hydrogen) atoms. The molecule has 0 fully saturated rings. The molecule has 6 heteroatoms. The molecule has 0 bridgehead atoms. The molecule has 0 aliphatic rings. The lowest BCUT2D eigenvalue weighted by molar-refractivity contribution is 0.154. The Labute approximate surface area is 101 Å². The smallest absolute Gasteiger partial charge is 0.172 e. The molecular formula is C11H18N4O2. The number of nitrogens with two attached hydrogens (primary N) is 1. The fourth-order valence-electron chi connectivity index (χ4n) is 1.43. The van der Waals surface area contributed by atoms with E-state index >= 15 is 0 Å². The molecule has 1 rings (SSSR count). The number of anilines is 1. The zero-order valence-corrected chi connectivity index (χ0v) is 10.1. The van der Waals surface area contributed by atoms with Crippen molar-refractivity contribution in [1.29, 1.82) is 0 Å². The Hall–Kier alpha value is -1.82. The van der Waals surface area contributed by atoms with Gasteiger partial charge in [0.05, 0.1) is 18.5 Å². The molecule has 0 unspecified atom stereocenters. The lowest BCUT2D eigenvalue weighted by Crippen LogP contribution is -2.26. The van der Waals surface area contributed by atoms with Gasteiger partial charge in [-0.05, 0) is 13.0 Å². The normalized spacial score (nSPS) is 11.5. The van der Waals surface area contributed by atoms with Crippen LogP contribution in [0.25, 0.3) is 0 Å². The molecule has 0 amide bonds. The van der Waals surface area contributed by atoms with Crippen LogP contribution in [-0.2, 0) is 4.74 Å². The van der Waals surface area contributed by atoms with E-state index in [0.717, 1.165) is 5.69 Å². The predicted octanol–water partition coefficient (Wildman–Crippen LogP) is 0.649. The third-order valence-electron chi connectivity index (χ3n) is 2.37. The molecule has 94 valence electrons. The van der Waals surface area contributed by atoms with Crippen molar-refractivity contribution < 1.29 is 9.94 Å². The maximum Gasteiger partial charge on any atom is 0.172 e. The summed E-state index contributed by atoms with van der Waals surface area (Å²) < 4.78 is 5.28. The molecule has 6 nitrogen and oxygen atoms in total. The summed E-state index contributed by atoms with van der Waals surface area (Å²) in [5.41, 5.74) is 7.06. The van der Waals surface area contributed by atoms with Gasteiger partial charge in [-0.25, -0.2) is 0 Å². The zero-order valence-electron chi connectivity index (χ0n) is 10.1. The number of hydrogen-bond acceptors (Lipinski definition) is 5. The van der Waals surface area contributed by atoms with Crippen LogP contribution in [-0.4, -0.2) is 42.8 Å². The number of amidine groups is 1. The van der Waals surface area contributed by atoms with Crippen molar-refractivity contribution in [3.63, 3.8) is 0 Å². The highest BCUT2D eigenvalue weighted by Crippen LogP contribution is 2.17. The average molecular weight is 238 g/mol. The van der Waals surface area contributed by atoms with Gasteiger partial charge >= 0.3 is 0 Å². The largest absolute Gasteiger partial charge is 0.409 e. The third-order valence-corrected chi connectivity index (χ3v) is 2.37. The molecule has 1 aromatic rings. The summed E-state index contributed by atoms with van der Waals surface area (Å²) in [7, 11) is 1.91. The van der Waals surface area contributed by atoms with Gasteiger partial charge in [-0.15, -0.1) is 0 Å². The Bertz CT molecular complexity index is 381. The second-order valence-corrected chi connectivity index (χ2v) is 3.50. The minimum atomic E-state index is 0.0747. The van der Waals surface area contributed by atoms with Crippen LogP contribution < -0.4 is 10.6 Å². The van der Waals surface area contributed by atoms with Crippen LogP contribution in [0.15, 0.2) is 23.6 Å². The lowest BCUT2D eigenvalue weighted by atomic mass is 10.2. The van der Waals surface area contributed by atoms with Crippen LogP contribution in [0.1, 0.15) is 12.5 Å². The van der Waals surface area contributed by atoms with Gasteiger partial charge in [0.25, 0.3) is 0 Å². The van der Waals surface area contributed by atoms with E-state index in [4.69, 9.17) is 15.7 Å². The van der Waals surface area contributed by atoms with Gasteiger partial charge in [-0.1, -0.05) is 5.16 Å². The Morgan fingerprint density at radius 1 is 1.65 bits per heavy atom. The fraction of sp³-hybridized carbons (Fsp3) is 0.455. The van der Waals surface area contributed by atoms with E-state index in [2.05, 4.69) is 10.1 Å². The molecule has 0 aromatic carbocycles. The summed E-state index contributed by atoms with van der Waals surface area (Å²) in [5.74, 6) is 0.0747. The van der Waals surface area contributed by atoms with E-state index in [9.17, 15) is 0 Å². The van der Waals surface area contributed by atoms with Crippen LogP contribution in [0.2, 0.25) is 0 Å². The highest BCUT2D eigenvalue weighted by molar-refractivity contribution is 6.01. The molecule has 0 saturated carbocycles. The second kappa shape index (κ2) is 6.70. The molecular weight excluding hydrogens is 220 g/mol. The van der Waals surface area contributed by atoms with Crippen LogP contribution in [0.4, 0.5) is 5.69 Å². The van der Waals surface area contributed by atoms with E-state index in [-0.39, 0.29) is 5.84 Å². The highest BCUT2D eigenvalue weighted by atomic mass is 16.5. The van der Waals surface area contributed by atoms with Gasteiger partial charge in [-0.3, -0.25) is 4.98 Å². The first-order valence-electron chi connectivity index (χ1n) is 5.41. The molecule has 0 saturated heterocycles. The van der Waals surface area contributed by atoms with Crippen molar-refractivity contribution in [2.45, 2.75) is 6.92 Å². The number of ether oxygens (including phenoxy) is 1. The molecule has 0 radical (unpaired) electrons. The first kappa shape index (κ1) is 13.2. The molecule has 1 aromatic heterocycles. The number of rotatable bonds is 6. The summed E-state index contributed by atoms with van der Waals surface area (Å²) in [5, 5.41) is 11.7. The summed E-state index contributed by atoms with van der Waals surface area (Å²) in [6.45, 7) is 3.97. The number of likely N-dealkylation sites (N-methyl/N-ethyl adjacent to an activating group) is 1. The summed E-state index contributed by atoms with van der Waals surface area (Å²) in [4.78, 5) is 5.99. The van der Waals surface area contributed by atoms with Crippen molar-refractivity contribution in [3.05, 3.63) is 24.0 Å². The maximum atomic E-state index is 8.71. The van der Waals surface area contributed by atoms with Gasteiger partial charge in [0.15, 0.2) is 5.84 Å². The van der Waals surface area contributed by atoms with E-state index < -0.39 is 0 Å². The zero-order chi connectivity index (χ0) is 12.7. The number of pyridine rings is 1. The van der Waals surface area contributed by atoms with Gasteiger partial charge < -0.3 is 20.6 Å². The van der Waals surface area contributed by atoms with Crippen molar-refractivity contribution in [1.82, 2.24) is 4.98 Å². The summed E-state index contributed by atoms with van der Waals surface area (Å²) in [6.07, 6.45) is 3.28. The lowest BCUT2D eigenvalue weighted by Gasteiger charge is -2.21. The number of oxime groups is 1. The Kier molecular flexibility index (Phi) is 5.22. The number of hydrogen-bond donors (Lipinski definition) is 2. The molecule has 3 N–H and O–H groups in total. The Morgan fingerprint density at radius 3 is 3.06 bits per heavy atom. The first-order valence-corrected chi connectivity index (χ1v) is 5.41. The molecule has 0 atom stereocenters. The Morgan fingerprint density at radius 2 is 2.41 bits per heavy atom. The molecule has 0 spiro atoms. The van der Waals surface area contributed by atoms with E-state index in [1.807, 2.05) is 18.9 Å². The summed E-state index contributed by atoms with van der Waals surface area (Å²) >= 11 is 0. The second-order valence-electron chi connectivity index (χ2n) is 3.50. The van der Waals surface area contributed by atoms with Crippen molar-refractivity contribution in [2.24, 2.45) is 10.9 Å². The minimum absolute atomic E-state index is 0.0747. The quantitative estimate of drug-likeness (QED) is 0.250. The number of nitrogens with zero attached hydrogens (tertiary/aromatic N) is 3. The highest BCUT2D eigenvalue weighted by Gasteiger charge is 2.10. The van der Waals surface area contributed by atoms with Crippen LogP contribution >= 0.6 is 0 Å². The van der Waals surface area contributed by atoms with Crippen molar-refractivity contribution in [2.75, 3.05) is 31.7 Å². The summed E-state index contributed by atoms with van der Waals surface area (Å²) in [6, 6.07) is 1.71. The predicted molar refractivity (Wildman–Crippen MR) is 66.5 cm³/mol. The van der Waals surface area contributed by atoms with Crippen LogP contribution in [0, 0.1) is 0 Å². The number of aromatic nitrogens is 1. The molecule has 0 aliphatic carbocycles. The van der Waals surface area contributed by atoms with Crippen LogP contribution in [0.5, 0.6) is 0 Å². The molecule has 1 heterocycles. The van der Waals surface area contributed by atoms with Crippen molar-refractivity contribution in [3.8, 4) is 0 Å². The topological polar surface area (TPSA) is 84.0 Å². The molecule has 0 aliphatic heterocycles. The van der Waals surface area contributed by atoms with E-state index in [1.54, 1.807) is 18.5 Å². The first-order chi connectivity index (χ1) is 8.20. The minimum Gasteiger partial charge on any atom is -0.409 e. The standard InChI is InChI=1S/C11H18N4O2/c1-3-17-7-6-15(2)10-8-13-5-4-9(10)11(12)14-16/h4-5,8,16H,3,6-7H2,1-2H3,(H2,12,14). The van der Waals surface area contributed by atoms with Crippen LogP contribution in [0.3, 0.4) is 0 Å². The average Bonchev–Trinajstić information content (AvgIpc) is 2.38. The van der Waals surface area contributed by atoms with E-state index in [1.165, 1.54) is 0 Å². The fourth-order valence-corrected chi connectivity index (χ4v) is 1.43. The van der Waals surface area contributed by atoms with Gasteiger partial charge in [0, 0.05) is 32.0 Å². The SMILES string of the molecule is CCOCCN(C)c1cnccc1/C(N)=N/O. The third kappa shape index (κ3) is 3.60. The maximum absolute atomic E-state index is 8.71. The van der Waals surface area contributed by atoms with Gasteiger partial charge in [-0.2, -0.15) is 0 Å². The monoisotopic (exact) mass is 238 g/mol. The van der Waals surface area contributed by atoms with Gasteiger partial charge in [0.2, 0.25) is 0 Å².